The summed E-state index contributed by atoms with van der Waals surface area (Å²) in [6.07, 6.45) is 1.68. The topological polar surface area (TPSA) is 103 Å². The van der Waals surface area contributed by atoms with Crippen molar-refractivity contribution < 1.29 is 24.0 Å². The Kier molecular flexibility index (Phi) is 5.35. The first-order valence-corrected chi connectivity index (χ1v) is 8.43. The van der Waals surface area contributed by atoms with Crippen LogP contribution in [0.15, 0.2) is 5.47 Å². The van der Waals surface area contributed by atoms with Crippen molar-refractivity contribution >= 4 is 25.1 Å². The number of hydrogen-bond donors (Lipinski definition) is 2. The zero-order valence-corrected chi connectivity index (χ0v) is 16.3. The average Bonchev–Trinajstić information content (AvgIpc) is 2.86. The molecule has 1 fully saturated rings. The van der Waals surface area contributed by atoms with Crippen molar-refractivity contribution in [3.05, 3.63) is 22.4 Å². The summed E-state index contributed by atoms with van der Waals surface area (Å²) < 4.78 is 13.4. The van der Waals surface area contributed by atoms with Gasteiger partial charge in [0.15, 0.2) is 5.69 Å². The van der Waals surface area contributed by atoms with Crippen LogP contribution < -0.4 is 5.32 Å². The first kappa shape index (κ1) is 20.2. The van der Waals surface area contributed by atoms with Gasteiger partial charge in [0.1, 0.15) is 0 Å². The van der Waals surface area contributed by atoms with Gasteiger partial charge in [-0.1, -0.05) is 6.08 Å². The van der Waals surface area contributed by atoms with Gasteiger partial charge in [-0.2, -0.15) is 5.10 Å². The molecule has 1 aromatic rings. The van der Waals surface area contributed by atoms with Crippen LogP contribution in [0.1, 0.15) is 56.4 Å². The molecule has 0 atom stereocenters. The minimum Gasteiger partial charge on any atom is -0.477 e. The number of carbonyl (C=O) groups is 2. The molecule has 0 bridgehead atoms. The number of carboxylic acids is 1. The van der Waals surface area contributed by atoms with Gasteiger partial charge in [-0.3, -0.25) is 9.48 Å². The number of nitrogens with zero attached hydrogens (tertiary/aromatic N) is 2. The molecule has 1 saturated heterocycles. The number of nitrogens with one attached hydrogen (secondary N) is 1. The summed E-state index contributed by atoms with van der Waals surface area (Å²) in [6.45, 7) is 11.1. The third-order valence-corrected chi connectivity index (χ3v) is 4.90. The summed E-state index contributed by atoms with van der Waals surface area (Å²) in [6, 6.07) is 0. The lowest BCUT2D eigenvalue weighted by atomic mass is 9.76. The molecule has 8 nitrogen and oxygen atoms in total. The summed E-state index contributed by atoms with van der Waals surface area (Å²) in [5.41, 5.74) is 0.632. The Morgan fingerprint density at radius 3 is 2.27 bits per heavy atom. The number of carbonyl (C=O) groups excluding carboxylic acids is 1. The van der Waals surface area contributed by atoms with Gasteiger partial charge in [0, 0.05) is 26.1 Å². The molecule has 1 aromatic heterocycles. The molecule has 1 aliphatic heterocycles. The normalized spacial score (nSPS) is 18.9. The van der Waals surface area contributed by atoms with Gasteiger partial charge in [0.05, 0.1) is 16.9 Å². The van der Waals surface area contributed by atoms with Gasteiger partial charge in [0.25, 0.3) is 0 Å². The number of amides is 1. The fourth-order valence-corrected chi connectivity index (χ4v) is 2.71. The fourth-order valence-electron chi connectivity index (χ4n) is 2.71. The second-order valence-corrected chi connectivity index (χ2v) is 7.49. The quantitative estimate of drug-likeness (QED) is 0.770. The van der Waals surface area contributed by atoms with Crippen molar-refractivity contribution in [3.63, 3.8) is 0 Å². The SMILES string of the molecule is CC(=O)NCC(=Cc1c(C)nn(C)c1C(=O)O)B1OC(C)(C)C(C)(C)O1. The van der Waals surface area contributed by atoms with Gasteiger partial charge in [-0.25, -0.2) is 4.79 Å². The van der Waals surface area contributed by atoms with Crippen molar-refractivity contribution in [2.24, 2.45) is 7.05 Å². The van der Waals surface area contributed by atoms with E-state index in [1.54, 1.807) is 20.0 Å². The zero-order chi connectivity index (χ0) is 19.9. The molecule has 0 saturated carbocycles. The number of carboxylic acid groups (broad SMARTS) is 1. The highest BCUT2D eigenvalue weighted by Gasteiger charge is 2.52. The van der Waals surface area contributed by atoms with E-state index in [2.05, 4.69) is 10.4 Å². The lowest BCUT2D eigenvalue weighted by Gasteiger charge is -2.32. The average molecular weight is 363 g/mol. The van der Waals surface area contributed by atoms with E-state index >= 15 is 0 Å². The van der Waals surface area contributed by atoms with E-state index in [1.165, 1.54) is 11.6 Å². The van der Waals surface area contributed by atoms with Crippen molar-refractivity contribution in [3.8, 4) is 0 Å². The van der Waals surface area contributed by atoms with E-state index in [-0.39, 0.29) is 18.1 Å². The Morgan fingerprint density at radius 1 is 1.27 bits per heavy atom. The fraction of sp³-hybridized carbons (Fsp3) is 0.588. The van der Waals surface area contributed by atoms with Crippen molar-refractivity contribution in [2.45, 2.75) is 52.7 Å². The van der Waals surface area contributed by atoms with Crippen LogP contribution in [0.3, 0.4) is 0 Å². The maximum Gasteiger partial charge on any atom is 0.492 e. The molecule has 9 heteroatoms. The lowest BCUT2D eigenvalue weighted by Crippen LogP contribution is -2.41. The lowest BCUT2D eigenvalue weighted by molar-refractivity contribution is -0.118. The van der Waals surface area contributed by atoms with Crippen LogP contribution in [0.2, 0.25) is 0 Å². The number of aromatic carboxylic acids is 1. The van der Waals surface area contributed by atoms with Crippen LogP contribution in [-0.2, 0) is 21.2 Å². The number of aryl methyl sites for hydroxylation is 2. The number of aromatic nitrogens is 2. The minimum absolute atomic E-state index is 0.0688. The number of hydrogen-bond acceptors (Lipinski definition) is 5. The molecule has 0 unspecified atom stereocenters. The third kappa shape index (κ3) is 3.83. The first-order chi connectivity index (χ1) is 11.9. The third-order valence-electron chi connectivity index (χ3n) is 4.90. The molecule has 0 aromatic carbocycles. The Balaban J connectivity index is 2.49. The van der Waals surface area contributed by atoms with Gasteiger partial charge < -0.3 is 19.7 Å². The van der Waals surface area contributed by atoms with Crippen LogP contribution >= 0.6 is 0 Å². The van der Waals surface area contributed by atoms with Crippen LogP contribution in [0, 0.1) is 6.92 Å². The molecule has 0 spiro atoms. The van der Waals surface area contributed by atoms with E-state index in [0.717, 1.165) is 0 Å². The molecule has 1 aliphatic rings. The molecule has 1 amide bonds. The van der Waals surface area contributed by atoms with Crippen molar-refractivity contribution in [2.75, 3.05) is 6.54 Å². The predicted molar refractivity (Wildman–Crippen MR) is 97.6 cm³/mol. The van der Waals surface area contributed by atoms with E-state index in [1.807, 2.05) is 27.7 Å². The van der Waals surface area contributed by atoms with Gasteiger partial charge in [0.2, 0.25) is 5.91 Å². The summed E-state index contributed by atoms with van der Waals surface area (Å²) in [5, 5.41) is 16.4. The highest BCUT2D eigenvalue weighted by molar-refractivity contribution is 6.56. The largest absolute Gasteiger partial charge is 0.492 e. The van der Waals surface area contributed by atoms with Crippen LogP contribution in [0.4, 0.5) is 0 Å². The predicted octanol–water partition coefficient (Wildman–Crippen LogP) is 1.58. The van der Waals surface area contributed by atoms with Gasteiger partial charge >= 0.3 is 13.1 Å². The van der Waals surface area contributed by atoms with Crippen LogP contribution in [0.25, 0.3) is 6.08 Å². The Labute approximate surface area is 153 Å². The Morgan fingerprint density at radius 2 is 1.81 bits per heavy atom. The van der Waals surface area contributed by atoms with E-state index in [0.29, 0.717) is 16.7 Å². The summed E-state index contributed by atoms with van der Waals surface area (Å²) in [4.78, 5) is 23.0. The molecule has 26 heavy (non-hydrogen) atoms. The molecule has 142 valence electrons. The smallest absolute Gasteiger partial charge is 0.477 e. The van der Waals surface area contributed by atoms with E-state index < -0.39 is 24.3 Å². The zero-order valence-electron chi connectivity index (χ0n) is 16.3. The summed E-state index contributed by atoms with van der Waals surface area (Å²) >= 11 is 0. The highest BCUT2D eigenvalue weighted by atomic mass is 16.7. The van der Waals surface area contributed by atoms with Crippen molar-refractivity contribution in [1.29, 1.82) is 0 Å². The first-order valence-electron chi connectivity index (χ1n) is 8.43. The molecule has 0 aliphatic carbocycles. The van der Waals surface area contributed by atoms with E-state index in [9.17, 15) is 14.7 Å². The molecule has 2 heterocycles. The number of rotatable bonds is 5. The minimum atomic E-state index is -1.08. The Hall–Kier alpha value is -2.13. The molecule has 2 N–H and O–H groups in total. The Bertz CT molecular complexity index is 751. The molecular weight excluding hydrogens is 337 g/mol. The summed E-state index contributed by atoms with van der Waals surface area (Å²) in [7, 11) is 0.879. The highest BCUT2D eigenvalue weighted by Crippen LogP contribution is 2.39. The van der Waals surface area contributed by atoms with Gasteiger partial charge in [-0.15, -0.1) is 0 Å². The summed E-state index contributed by atoms with van der Waals surface area (Å²) in [5.74, 6) is -1.28. The van der Waals surface area contributed by atoms with Crippen LogP contribution in [-0.4, -0.2) is 51.6 Å². The second kappa shape index (κ2) is 6.88. The molecular formula is C17H26BN3O5. The van der Waals surface area contributed by atoms with Gasteiger partial charge in [-0.05, 0) is 40.1 Å². The van der Waals surface area contributed by atoms with Crippen LogP contribution in [0.5, 0.6) is 0 Å². The van der Waals surface area contributed by atoms with Crippen molar-refractivity contribution in [1.82, 2.24) is 15.1 Å². The second-order valence-electron chi connectivity index (χ2n) is 7.49. The molecule has 2 rings (SSSR count). The monoisotopic (exact) mass is 363 g/mol. The maximum atomic E-state index is 11.6. The molecule has 0 radical (unpaired) electrons. The maximum absolute atomic E-state index is 11.6. The standard InChI is InChI=1S/C17H26BN3O5/c1-10-13(14(15(23)24)21(7)20-10)8-12(9-19-11(2)22)18-25-16(3,4)17(5,6)26-18/h8H,9H2,1-7H3,(H,19,22)(H,23,24). The van der Waals surface area contributed by atoms with E-state index in [4.69, 9.17) is 9.31 Å².